The van der Waals surface area contributed by atoms with E-state index in [4.69, 9.17) is 5.26 Å². The lowest BCUT2D eigenvalue weighted by Gasteiger charge is -2.16. The first-order valence-corrected chi connectivity index (χ1v) is 7.98. The van der Waals surface area contributed by atoms with Gasteiger partial charge in [0, 0.05) is 16.6 Å². The minimum atomic E-state index is -0.921. The van der Waals surface area contributed by atoms with Crippen molar-refractivity contribution in [1.82, 2.24) is 0 Å². The molecule has 0 saturated heterocycles. The average molecular weight is 261 g/mol. The van der Waals surface area contributed by atoms with Crippen molar-refractivity contribution in [2.24, 2.45) is 5.92 Å². The molecular formula is C15H19NOS. The Labute approximate surface area is 111 Å². The highest BCUT2D eigenvalue weighted by atomic mass is 32.2. The van der Waals surface area contributed by atoms with E-state index >= 15 is 0 Å². The van der Waals surface area contributed by atoms with Crippen molar-refractivity contribution in [1.29, 1.82) is 5.26 Å². The number of hydrogen-bond donors (Lipinski definition) is 0. The molecule has 1 aromatic rings. The molecular weight excluding hydrogens is 242 g/mol. The first-order valence-electron chi connectivity index (χ1n) is 6.60. The molecule has 1 fully saturated rings. The van der Waals surface area contributed by atoms with Crippen molar-refractivity contribution in [3.8, 4) is 6.07 Å². The van der Waals surface area contributed by atoms with Crippen LogP contribution in [-0.2, 0) is 10.8 Å². The molecule has 96 valence electrons. The summed E-state index contributed by atoms with van der Waals surface area (Å²) in [6.07, 6.45) is 5.31. The molecule has 2 atom stereocenters. The Hall–Kier alpha value is -1.14. The third kappa shape index (κ3) is 3.43. The number of nitrogens with zero attached hydrogens (tertiary/aromatic N) is 1. The van der Waals surface area contributed by atoms with Gasteiger partial charge in [0.15, 0.2) is 0 Å². The van der Waals surface area contributed by atoms with Crippen LogP contribution in [0.1, 0.15) is 42.9 Å². The van der Waals surface area contributed by atoms with Gasteiger partial charge >= 0.3 is 0 Å². The van der Waals surface area contributed by atoms with E-state index < -0.39 is 10.8 Å². The summed E-state index contributed by atoms with van der Waals surface area (Å²) in [5.41, 5.74) is 1.04. The van der Waals surface area contributed by atoms with Gasteiger partial charge in [-0.25, -0.2) is 0 Å². The maximum atomic E-state index is 12.4. The molecule has 2 unspecified atom stereocenters. The summed E-state index contributed by atoms with van der Waals surface area (Å²) in [5.74, 6) is 1.37. The third-order valence-electron chi connectivity index (χ3n) is 3.64. The molecule has 0 spiro atoms. The van der Waals surface area contributed by atoms with E-state index in [0.29, 0.717) is 12.3 Å². The van der Waals surface area contributed by atoms with E-state index in [1.54, 1.807) is 0 Å². The maximum absolute atomic E-state index is 12.4. The molecule has 0 amide bonds. The van der Waals surface area contributed by atoms with E-state index in [0.717, 1.165) is 11.3 Å². The SMILES string of the molecule is N#CCC(c1ccccc1)S(=O)CC1CCCC1. The lowest BCUT2D eigenvalue weighted by molar-refractivity contribution is 0.599. The van der Waals surface area contributed by atoms with Crippen molar-refractivity contribution in [2.45, 2.75) is 37.4 Å². The van der Waals surface area contributed by atoms with Gasteiger partial charge in [-0.3, -0.25) is 4.21 Å². The van der Waals surface area contributed by atoms with Gasteiger partial charge in [-0.15, -0.1) is 0 Å². The lowest BCUT2D eigenvalue weighted by atomic mass is 10.1. The van der Waals surface area contributed by atoms with Crippen molar-refractivity contribution in [3.63, 3.8) is 0 Å². The fraction of sp³-hybridized carbons (Fsp3) is 0.533. The van der Waals surface area contributed by atoms with Gasteiger partial charge < -0.3 is 0 Å². The van der Waals surface area contributed by atoms with Crippen LogP contribution in [0.5, 0.6) is 0 Å². The molecule has 2 nitrogen and oxygen atoms in total. The van der Waals surface area contributed by atoms with Crippen LogP contribution >= 0.6 is 0 Å². The minimum absolute atomic E-state index is 0.114. The number of nitriles is 1. The summed E-state index contributed by atoms with van der Waals surface area (Å²) in [7, 11) is -0.921. The Morgan fingerprint density at radius 3 is 2.56 bits per heavy atom. The molecule has 0 bridgehead atoms. The van der Waals surface area contributed by atoms with E-state index in [2.05, 4.69) is 6.07 Å². The van der Waals surface area contributed by atoms with Crippen LogP contribution in [0.4, 0.5) is 0 Å². The zero-order valence-electron chi connectivity index (χ0n) is 10.5. The number of hydrogen-bond acceptors (Lipinski definition) is 2. The molecule has 0 N–H and O–H groups in total. The molecule has 0 aromatic heterocycles. The molecule has 3 heteroatoms. The summed E-state index contributed by atoms with van der Waals surface area (Å²) in [6.45, 7) is 0. The van der Waals surface area contributed by atoms with Crippen molar-refractivity contribution in [2.75, 3.05) is 5.75 Å². The van der Waals surface area contributed by atoms with Crippen LogP contribution in [0.25, 0.3) is 0 Å². The predicted octanol–water partition coefficient (Wildman–Crippen LogP) is 3.58. The number of benzene rings is 1. The Morgan fingerprint density at radius 2 is 1.94 bits per heavy atom. The van der Waals surface area contributed by atoms with Crippen LogP contribution in [0.3, 0.4) is 0 Å². The van der Waals surface area contributed by atoms with Gasteiger partial charge in [-0.1, -0.05) is 43.2 Å². The van der Waals surface area contributed by atoms with Gasteiger partial charge in [0.25, 0.3) is 0 Å². The van der Waals surface area contributed by atoms with Crippen LogP contribution in [0.2, 0.25) is 0 Å². The highest BCUT2D eigenvalue weighted by Gasteiger charge is 2.24. The Kier molecular flexibility index (Phi) is 4.95. The smallest absolute Gasteiger partial charge is 0.0726 e. The van der Waals surface area contributed by atoms with E-state index in [1.807, 2.05) is 30.3 Å². The van der Waals surface area contributed by atoms with Crippen molar-refractivity contribution in [3.05, 3.63) is 35.9 Å². The molecule has 0 aliphatic heterocycles. The van der Waals surface area contributed by atoms with Gasteiger partial charge in [0.1, 0.15) is 0 Å². The number of rotatable bonds is 5. The molecule has 18 heavy (non-hydrogen) atoms. The van der Waals surface area contributed by atoms with Crippen LogP contribution in [-0.4, -0.2) is 9.96 Å². The second-order valence-corrected chi connectivity index (χ2v) is 6.62. The zero-order chi connectivity index (χ0) is 12.8. The molecule has 0 radical (unpaired) electrons. The van der Waals surface area contributed by atoms with Gasteiger partial charge in [0.05, 0.1) is 17.7 Å². The van der Waals surface area contributed by atoms with Gasteiger partial charge in [0.2, 0.25) is 0 Å². The Balaban J connectivity index is 2.05. The summed E-state index contributed by atoms with van der Waals surface area (Å²) in [4.78, 5) is 0. The molecule has 0 heterocycles. The molecule has 1 aliphatic carbocycles. The normalized spacial score (nSPS) is 19.3. The summed E-state index contributed by atoms with van der Waals surface area (Å²) >= 11 is 0. The van der Waals surface area contributed by atoms with Crippen LogP contribution in [0.15, 0.2) is 30.3 Å². The Bertz CT molecular complexity index is 432. The zero-order valence-corrected chi connectivity index (χ0v) is 11.4. The van der Waals surface area contributed by atoms with Gasteiger partial charge in [-0.2, -0.15) is 5.26 Å². The monoisotopic (exact) mass is 261 g/mol. The fourth-order valence-corrected chi connectivity index (χ4v) is 4.39. The second-order valence-electron chi connectivity index (χ2n) is 4.96. The van der Waals surface area contributed by atoms with E-state index in [1.165, 1.54) is 25.7 Å². The average Bonchev–Trinajstić information content (AvgIpc) is 2.89. The maximum Gasteiger partial charge on any atom is 0.0726 e. The molecule has 1 saturated carbocycles. The molecule has 1 aromatic carbocycles. The van der Waals surface area contributed by atoms with Crippen molar-refractivity contribution < 1.29 is 4.21 Å². The second kappa shape index (κ2) is 6.70. The first-order chi connectivity index (χ1) is 8.81. The van der Waals surface area contributed by atoms with Crippen LogP contribution in [0, 0.1) is 17.2 Å². The topological polar surface area (TPSA) is 40.9 Å². The quantitative estimate of drug-likeness (QED) is 0.813. The van der Waals surface area contributed by atoms with Crippen molar-refractivity contribution >= 4 is 10.8 Å². The van der Waals surface area contributed by atoms with Crippen LogP contribution < -0.4 is 0 Å². The standard InChI is InChI=1S/C15H19NOS/c16-11-10-15(14-8-2-1-3-9-14)18(17)12-13-6-4-5-7-13/h1-3,8-9,13,15H,4-7,10,12H2. The summed E-state index contributed by atoms with van der Waals surface area (Å²) < 4.78 is 12.4. The molecule has 2 rings (SSSR count). The summed E-state index contributed by atoms with van der Waals surface area (Å²) in [5, 5.41) is 8.81. The minimum Gasteiger partial charge on any atom is -0.259 e. The third-order valence-corrected chi connectivity index (χ3v) is 5.51. The highest BCUT2D eigenvalue weighted by molar-refractivity contribution is 7.85. The largest absolute Gasteiger partial charge is 0.259 e. The van der Waals surface area contributed by atoms with E-state index in [9.17, 15) is 4.21 Å². The fourth-order valence-electron chi connectivity index (χ4n) is 2.64. The van der Waals surface area contributed by atoms with E-state index in [-0.39, 0.29) is 5.25 Å². The first kappa shape index (κ1) is 13.3. The lowest BCUT2D eigenvalue weighted by Crippen LogP contribution is -2.14. The highest BCUT2D eigenvalue weighted by Crippen LogP contribution is 2.30. The van der Waals surface area contributed by atoms with Gasteiger partial charge in [-0.05, 0) is 24.3 Å². The Morgan fingerprint density at radius 1 is 1.28 bits per heavy atom. The predicted molar refractivity (Wildman–Crippen MR) is 74.4 cm³/mol. The summed E-state index contributed by atoms with van der Waals surface area (Å²) in [6, 6.07) is 12.0. The molecule has 1 aliphatic rings.